The first-order chi connectivity index (χ1) is 16.9. The highest BCUT2D eigenvalue weighted by Crippen LogP contribution is 2.42. The summed E-state index contributed by atoms with van der Waals surface area (Å²) in [6.45, 7) is 2.14. The lowest BCUT2D eigenvalue weighted by molar-refractivity contribution is -0.274. The maximum absolute atomic E-state index is 12.9. The van der Waals surface area contributed by atoms with Gasteiger partial charge in [0.25, 0.3) is 5.91 Å². The van der Waals surface area contributed by atoms with E-state index in [0.29, 0.717) is 30.9 Å². The topological polar surface area (TPSA) is 105 Å². The average molecular weight is 528 g/mol. The van der Waals surface area contributed by atoms with Crippen LogP contribution in [0.25, 0.3) is 0 Å². The molecule has 1 N–H and O–H groups in total. The zero-order valence-electron chi connectivity index (χ0n) is 19.8. The third kappa shape index (κ3) is 7.79. The van der Waals surface area contributed by atoms with Crippen molar-refractivity contribution >= 4 is 21.7 Å². The first-order valence-corrected chi connectivity index (χ1v) is 13.7. The van der Waals surface area contributed by atoms with Crippen LogP contribution in [0.1, 0.15) is 46.7 Å². The van der Waals surface area contributed by atoms with Crippen molar-refractivity contribution in [2.24, 2.45) is 0 Å². The molecule has 2 aromatic rings. The number of amides is 1. The molecule has 4 rings (SSSR count). The Morgan fingerprint density at radius 3 is 2.53 bits per heavy atom. The van der Waals surface area contributed by atoms with Gasteiger partial charge >= 0.3 is 6.36 Å². The maximum atomic E-state index is 12.9. The molecule has 1 aromatic heterocycles. The van der Waals surface area contributed by atoms with Crippen molar-refractivity contribution in [1.29, 1.82) is 0 Å². The van der Waals surface area contributed by atoms with Gasteiger partial charge in [0.2, 0.25) is 5.95 Å². The maximum Gasteiger partial charge on any atom is 0.573 e. The summed E-state index contributed by atoms with van der Waals surface area (Å²) in [7, 11) is -3.09. The van der Waals surface area contributed by atoms with E-state index in [2.05, 4.69) is 20.0 Å². The third-order valence-corrected chi connectivity index (χ3v) is 6.88. The lowest BCUT2D eigenvalue weighted by Crippen LogP contribution is -2.48. The molecular formula is C23H28F3N5O4S. The summed E-state index contributed by atoms with van der Waals surface area (Å²) in [5.41, 5.74) is 1.70. The van der Waals surface area contributed by atoms with Gasteiger partial charge in [0.05, 0.1) is 18.0 Å². The number of sulfone groups is 1. The summed E-state index contributed by atoms with van der Waals surface area (Å²) < 4.78 is 65.1. The van der Waals surface area contributed by atoms with Gasteiger partial charge < -0.3 is 15.0 Å². The van der Waals surface area contributed by atoms with Gasteiger partial charge in [0.15, 0.2) is 0 Å². The van der Waals surface area contributed by atoms with Crippen molar-refractivity contribution in [2.45, 2.75) is 38.1 Å². The summed E-state index contributed by atoms with van der Waals surface area (Å²) >= 11 is 0. The van der Waals surface area contributed by atoms with Crippen LogP contribution in [0.15, 0.2) is 30.6 Å². The Morgan fingerprint density at radius 1 is 1.17 bits per heavy atom. The van der Waals surface area contributed by atoms with Gasteiger partial charge in [-0.15, -0.1) is 13.2 Å². The molecule has 0 spiro atoms. The minimum absolute atomic E-state index is 0.0336. The van der Waals surface area contributed by atoms with Crippen LogP contribution in [0.4, 0.5) is 19.1 Å². The minimum atomic E-state index is -4.77. The lowest BCUT2D eigenvalue weighted by atomic mass is 10.1. The van der Waals surface area contributed by atoms with Gasteiger partial charge in [-0.2, -0.15) is 0 Å². The predicted molar refractivity (Wildman–Crippen MR) is 126 cm³/mol. The molecule has 1 aliphatic carbocycles. The van der Waals surface area contributed by atoms with E-state index in [0.717, 1.165) is 31.4 Å². The predicted octanol–water partition coefficient (Wildman–Crippen LogP) is 3.01. The standard InChI is InChI=1S/C23H28F3N5O4S/c1-36(33,34)8-7-30-5-2-6-31(15-30)21(32)19-13-28-22(29-14-19)27-12-16-9-18(17-3-4-17)11-20(10-16)35-23(24,25)26/h9-11,13-14,17H,2-8,12,15H2,1H3,(H,27,28,29). The van der Waals surface area contributed by atoms with E-state index in [1.54, 1.807) is 4.90 Å². The summed E-state index contributed by atoms with van der Waals surface area (Å²) in [4.78, 5) is 24.8. The molecule has 2 heterocycles. The molecule has 0 bridgehead atoms. The molecule has 1 saturated heterocycles. The molecular weight excluding hydrogens is 499 g/mol. The Morgan fingerprint density at radius 2 is 1.89 bits per heavy atom. The number of aromatic nitrogens is 2. The number of rotatable bonds is 9. The van der Waals surface area contributed by atoms with Gasteiger partial charge in [-0.1, -0.05) is 6.07 Å². The molecule has 13 heteroatoms. The molecule has 36 heavy (non-hydrogen) atoms. The molecule has 1 aromatic carbocycles. The number of halogens is 3. The zero-order valence-corrected chi connectivity index (χ0v) is 20.6. The molecule has 1 saturated carbocycles. The second kappa shape index (κ2) is 10.6. The van der Waals surface area contributed by atoms with Crippen molar-refractivity contribution in [3.63, 3.8) is 0 Å². The van der Waals surface area contributed by atoms with Crippen molar-refractivity contribution < 1.29 is 31.1 Å². The molecule has 1 amide bonds. The fourth-order valence-corrected chi connectivity index (χ4v) is 4.63. The van der Waals surface area contributed by atoms with Gasteiger partial charge in [0.1, 0.15) is 15.6 Å². The number of alkyl halides is 3. The Bertz CT molecular complexity index is 1190. The van der Waals surface area contributed by atoms with E-state index in [4.69, 9.17) is 0 Å². The molecule has 2 aliphatic rings. The minimum Gasteiger partial charge on any atom is -0.406 e. The van der Waals surface area contributed by atoms with Gasteiger partial charge in [-0.3, -0.25) is 9.69 Å². The lowest BCUT2D eigenvalue weighted by Gasteiger charge is -2.35. The molecule has 0 atom stereocenters. The van der Waals surface area contributed by atoms with Crippen molar-refractivity contribution in [2.75, 3.05) is 43.6 Å². The molecule has 9 nitrogen and oxygen atoms in total. The van der Waals surface area contributed by atoms with E-state index < -0.39 is 16.2 Å². The van der Waals surface area contributed by atoms with E-state index in [1.165, 1.54) is 30.8 Å². The highest BCUT2D eigenvalue weighted by molar-refractivity contribution is 7.90. The fourth-order valence-electron chi connectivity index (χ4n) is 4.04. The number of carbonyl (C=O) groups is 1. The number of carbonyl (C=O) groups excluding carboxylic acids is 1. The normalized spacial score (nSPS) is 17.2. The van der Waals surface area contributed by atoms with Crippen LogP contribution >= 0.6 is 0 Å². The highest BCUT2D eigenvalue weighted by Gasteiger charge is 2.32. The highest BCUT2D eigenvalue weighted by atomic mass is 32.2. The Hall–Kier alpha value is -2.93. The van der Waals surface area contributed by atoms with E-state index in [-0.39, 0.29) is 35.8 Å². The summed E-state index contributed by atoms with van der Waals surface area (Å²) in [6.07, 6.45) is 1.82. The average Bonchev–Trinajstić information content (AvgIpc) is 3.66. The number of hydrogen-bond acceptors (Lipinski definition) is 8. The summed E-state index contributed by atoms with van der Waals surface area (Å²) in [5.74, 6) is 0.00919. The zero-order chi connectivity index (χ0) is 25.9. The van der Waals surface area contributed by atoms with Crippen LogP contribution in [0.5, 0.6) is 5.75 Å². The van der Waals surface area contributed by atoms with Gasteiger partial charge in [-0.25, -0.2) is 18.4 Å². The number of nitrogens with one attached hydrogen (secondary N) is 1. The fraction of sp³-hybridized carbons (Fsp3) is 0.522. The largest absolute Gasteiger partial charge is 0.573 e. The summed E-state index contributed by atoms with van der Waals surface area (Å²) in [6, 6.07) is 4.60. The first-order valence-electron chi connectivity index (χ1n) is 11.6. The molecule has 0 radical (unpaired) electrons. The monoisotopic (exact) mass is 527 g/mol. The van der Waals surface area contributed by atoms with E-state index in [1.807, 2.05) is 11.0 Å². The van der Waals surface area contributed by atoms with Crippen LogP contribution in [-0.2, 0) is 16.4 Å². The second-order valence-corrected chi connectivity index (χ2v) is 11.5. The van der Waals surface area contributed by atoms with Crippen LogP contribution in [0.3, 0.4) is 0 Å². The third-order valence-electron chi connectivity index (χ3n) is 5.96. The van der Waals surface area contributed by atoms with Crippen LogP contribution < -0.4 is 10.1 Å². The molecule has 1 aliphatic heterocycles. The quantitative estimate of drug-likeness (QED) is 0.531. The van der Waals surface area contributed by atoms with E-state index >= 15 is 0 Å². The molecule has 0 unspecified atom stereocenters. The first kappa shape index (κ1) is 26.1. The van der Waals surface area contributed by atoms with Crippen LogP contribution in [0, 0.1) is 0 Å². The van der Waals surface area contributed by atoms with Crippen molar-refractivity contribution in [3.8, 4) is 5.75 Å². The van der Waals surface area contributed by atoms with Gasteiger partial charge in [0, 0.05) is 44.8 Å². The van der Waals surface area contributed by atoms with Crippen molar-refractivity contribution in [1.82, 2.24) is 19.8 Å². The van der Waals surface area contributed by atoms with Crippen LogP contribution in [-0.4, -0.2) is 78.8 Å². The number of anilines is 1. The number of benzene rings is 1. The number of nitrogens with zero attached hydrogens (tertiary/aromatic N) is 4. The summed E-state index contributed by atoms with van der Waals surface area (Å²) in [5, 5.41) is 2.97. The number of hydrogen-bond donors (Lipinski definition) is 1. The molecule has 196 valence electrons. The molecule has 2 fully saturated rings. The van der Waals surface area contributed by atoms with Gasteiger partial charge in [-0.05, 0) is 48.4 Å². The van der Waals surface area contributed by atoms with E-state index in [9.17, 15) is 26.4 Å². The Labute approximate surface area is 207 Å². The van der Waals surface area contributed by atoms with Crippen LogP contribution in [0.2, 0.25) is 0 Å². The second-order valence-electron chi connectivity index (χ2n) is 9.19. The Kier molecular flexibility index (Phi) is 7.69. The SMILES string of the molecule is CS(=O)(=O)CCN1CCCN(C(=O)c2cnc(NCc3cc(OC(F)(F)F)cc(C4CC4)c3)nc2)C1. The van der Waals surface area contributed by atoms with Crippen molar-refractivity contribution in [3.05, 3.63) is 47.3 Å². The number of ether oxygens (including phenoxy) is 1. The Balaban J connectivity index is 1.35. The smallest absolute Gasteiger partial charge is 0.406 e.